The Labute approximate surface area is 162 Å². The van der Waals surface area contributed by atoms with E-state index in [-0.39, 0.29) is 24.5 Å². The minimum absolute atomic E-state index is 0.0689. The molecule has 3 rings (SSSR count). The van der Waals surface area contributed by atoms with Gasteiger partial charge in [0.1, 0.15) is 0 Å². The average molecular weight is 377 g/mol. The fourth-order valence-electron chi connectivity index (χ4n) is 2.62. The average Bonchev–Trinajstić information content (AvgIpc) is 3.28. The number of benzene rings is 2. The number of carbonyl (C=O) groups is 3. The number of hydrogen-bond acceptors (Lipinski definition) is 5. The highest BCUT2D eigenvalue weighted by Gasteiger charge is 2.26. The van der Waals surface area contributed by atoms with Crippen molar-refractivity contribution in [3.05, 3.63) is 95.9 Å². The number of nitrogens with one attached hydrogen (secondary N) is 1. The number of ether oxygens (including phenoxy) is 1. The van der Waals surface area contributed by atoms with Gasteiger partial charge in [-0.3, -0.25) is 14.4 Å². The third-order valence-corrected chi connectivity index (χ3v) is 4.01. The van der Waals surface area contributed by atoms with Crippen LogP contribution in [0, 0.1) is 0 Å². The maximum absolute atomic E-state index is 12.9. The summed E-state index contributed by atoms with van der Waals surface area (Å²) in [5.41, 5.74) is 1.04. The monoisotopic (exact) mass is 377 g/mol. The van der Waals surface area contributed by atoms with Gasteiger partial charge in [-0.2, -0.15) is 0 Å². The fourth-order valence-corrected chi connectivity index (χ4v) is 2.62. The number of amides is 1. The zero-order valence-electron chi connectivity index (χ0n) is 15.0. The van der Waals surface area contributed by atoms with E-state index in [1.807, 2.05) is 12.1 Å². The predicted molar refractivity (Wildman–Crippen MR) is 102 cm³/mol. The van der Waals surface area contributed by atoms with Crippen molar-refractivity contribution in [1.29, 1.82) is 0 Å². The van der Waals surface area contributed by atoms with Crippen molar-refractivity contribution in [2.45, 2.75) is 12.5 Å². The molecule has 0 bridgehead atoms. The molecule has 6 nitrogen and oxygen atoms in total. The Bertz CT molecular complexity index is 920. The largest absolute Gasteiger partial charge is 0.459 e. The maximum atomic E-state index is 12.9. The summed E-state index contributed by atoms with van der Waals surface area (Å²) in [7, 11) is 0. The van der Waals surface area contributed by atoms with E-state index in [4.69, 9.17) is 9.15 Å². The van der Waals surface area contributed by atoms with Crippen LogP contribution in [0.5, 0.6) is 0 Å². The Morgan fingerprint density at radius 3 is 2.21 bits per heavy atom. The van der Waals surface area contributed by atoms with Crippen LogP contribution in [0.3, 0.4) is 0 Å². The molecule has 1 N–H and O–H groups in total. The van der Waals surface area contributed by atoms with Gasteiger partial charge in [0.25, 0.3) is 5.91 Å². The van der Waals surface area contributed by atoms with E-state index in [9.17, 15) is 14.4 Å². The first-order valence-electron chi connectivity index (χ1n) is 8.80. The molecule has 0 unspecified atom stereocenters. The highest BCUT2D eigenvalue weighted by molar-refractivity contribution is 6.01. The van der Waals surface area contributed by atoms with Crippen molar-refractivity contribution < 1.29 is 23.5 Å². The van der Waals surface area contributed by atoms with Gasteiger partial charge in [-0.1, -0.05) is 60.7 Å². The minimum Gasteiger partial charge on any atom is -0.459 e. The van der Waals surface area contributed by atoms with Crippen molar-refractivity contribution in [2.24, 2.45) is 0 Å². The van der Waals surface area contributed by atoms with Crippen molar-refractivity contribution in [3.63, 3.8) is 0 Å². The van der Waals surface area contributed by atoms with Crippen LogP contribution in [0.15, 0.2) is 83.5 Å². The van der Waals surface area contributed by atoms with E-state index in [2.05, 4.69) is 5.32 Å². The van der Waals surface area contributed by atoms with Crippen molar-refractivity contribution in [2.75, 3.05) is 6.54 Å². The molecular formula is C22H19NO5. The lowest BCUT2D eigenvalue weighted by Gasteiger charge is -2.17. The van der Waals surface area contributed by atoms with Gasteiger partial charge < -0.3 is 14.5 Å². The van der Waals surface area contributed by atoms with E-state index in [1.165, 1.54) is 12.3 Å². The predicted octanol–water partition coefficient (Wildman–Crippen LogP) is 3.57. The van der Waals surface area contributed by atoms with Crippen LogP contribution in [0.4, 0.5) is 0 Å². The minimum atomic E-state index is -1.04. The Balaban J connectivity index is 1.63. The molecule has 1 atom stereocenters. The summed E-state index contributed by atoms with van der Waals surface area (Å²) in [6.07, 6.45) is 0.276. The van der Waals surface area contributed by atoms with Crippen LogP contribution in [0.2, 0.25) is 0 Å². The summed E-state index contributed by atoms with van der Waals surface area (Å²) >= 11 is 0. The fraction of sp³-hybridized carbons (Fsp3) is 0.136. The topological polar surface area (TPSA) is 85.6 Å². The van der Waals surface area contributed by atoms with Gasteiger partial charge in [-0.15, -0.1) is 0 Å². The van der Waals surface area contributed by atoms with Crippen molar-refractivity contribution in [3.8, 4) is 0 Å². The molecule has 0 saturated carbocycles. The number of carbonyl (C=O) groups excluding carboxylic acids is 3. The Hall–Kier alpha value is -3.67. The van der Waals surface area contributed by atoms with Crippen LogP contribution in [-0.4, -0.2) is 24.2 Å². The molecule has 142 valence electrons. The van der Waals surface area contributed by atoms with Crippen molar-refractivity contribution >= 4 is 17.7 Å². The summed E-state index contributed by atoms with van der Waals surface area (Å²) in [6, 6.07) is 20.6. The lowest BCUT2D eigenvalue weighted by atomic mass is 10.00. The van der Waals surface area contributed by atoms with E-state index in [0.717, 1.165) is 0 Å². The van der Waals surface area contributed by atoms with Gasteiger partial charge in [0.15, 0.2) is 11.9 Å². The third-order valence-electron chi connectivity index (χ3n) is 4.01. The number of Topliss-reactive ketones (excluding diaryl/α,β-unsaturated/α-hetero) is 1. The van der Waals surface area contributed by atoms with Crippen LogP contribution in [0.1, 0.15) is 39.0 Å². The molecule has 0 saturated heterocycles. The number of esters is 1. The molecule has 0 aliphatic rings. The summed E-state index contributed by atoms with van der Waals surface area (Å²) < 4.78 is 10.4. The van der Waals surface area contributed by atoms with Crippen LogP contribution in [-0.2, 0) is 9.53 Å². The molecule has 6 heteroatoms. The zero-order chi connectivity index (χ0) is 19.8. The van der Waals surface area contributed by atoms with Gasteiger partial charge in [-0.25, -0.2) is 0 Å². The molecule has 1 heterocycles. The summed E-state index contributed by atoms with van der Waals surface area (Å²) in [6.45, 7) is 0.0689. The SMILES string of the molecule is O=C(CCNC(=O)c1ccco1)O[C@@H](C(=O)c1ccccc1)c1ccccc1. The van der Waals surface area contributed by atoms with Crippen LogP contribution < -0.4 is 5.32 Å². The highest BCUT2D eigenvalue weighted by atomic mass is 16.5. The van der Waals surface area contributed by atoms with Crippen LogP contribution in [0.25, 0.3) is 0 Å². The molecule has 1 aromatic heterocycles. The number of hydrogen-bond donors (Lipinski definition) is 1. The van der Waals surface area contributed by atoms with Gasteiger partial charge in [0, 0.05) is 17.7 Å². The first kappa shape index (κ1) is 19.1. The summed E-state index contributed by atoms with van der Waals surface area (Å²) in [5, 5.41) is 2.57. The van der Waals surface area contributed by atoms with Gasteiger partial charge in [-0.05, 0) is 12.1 Å². The molecule has 1 amide bonds. The number of rotatable bonds is 8. The Morgan fingerprint density at radius 2 is 1.57 bits per heavy atom. The van der Waals surface area contributed by atoms with E-state index in [1.54, 1.807) is 54.6 Å². The smallest absolute Gasteiger partial charge is 0.308 e. The van der Waals surface area contributed by atoms with E-state index in [0.29, 0.717) is 11.1 Å². The lowest BCUT2D eigenvalue weighted by molar-refractivity contribution is -0.147. The number of furan rings is 1. The standard InChI is InChI=1S/C22H19NO5/c24-19(13-14-23-22(26)18-12-7-15-27-18)28-21(17-10-5-2-6-11-17)20(25)16-8-3-1-4-9-16/h1-12,15,21H,13-14H2,(H,23,26)/t21-/m1/s1. The van der Waals surface area contributed by atoms with Crippen molar-refractivity contribution in [1.82, 2.24) is 5.32 Å². The first-order valence-corrected chi connectivity index (χ1v) is 8.80. The molecular weight excluding hydrogens is 358 g/mol. The maximum Gasteiger partial charge on any atom is 0.308 e. The molecule has 3 aromatic rings. The molecule has 0 fully saturated rings. The lowest BCUT2D eigenvalue weighted by Crippen LogP contribution is -2.27. The Morgan fingerprint density at radius 1 is 0.893 bits per heavy atom. The zero-order valence-corrected chi connectivity index (χ0v) is 15.0. The second-order valence-electron chi connectivity index (χ2n) is 5.99. The van der Waals surface area contributed by atoms with Gasteiger partial charge >= 0.3 is 5.97 Å². The normalized spacial score (nSPS) is 11.4. The molecule has 28 heavy (non-hydrogen) atoms. The molecule has 2 aromatic carbocycles. The molecule has 0 spiro atoms. The molecule has 0 radical (unpaired) electrons. The van der Waals surface area contributed by atoms with E-state index < -0.39 is 18.0 Å². The van der Waals surface area contributed by atoms with Crippen LogP contribution >= 0.6 is 0 Å². The first-order chi connectivity index (χ1) is 13.6. The quantitative estimate of drug-likeness (QED) is 0.479. The second-order valence-corrected chi connectivity index (χ2v) is 5.99. The van der Waals surface area contributed by atoms with Gasteiger partial charge in [0.2, 0.25) is 5.78 Å². The highest BCUT2D eigenvalue weighted by Crippen LogP contribution is 2.23. The van der Waals surface area contributed by atoms with E-state index >= 15 is 0 Å². The second kappa shape index (κ2) is 9.32. The molecule has 0 aliphatic carbocycles. The Kier molecular flexibility index (Phi) is 6.36. The summed E-state index contributed by atoms with van der Waals surface area (Å²) in [5.74, 6) is -1.15. The third kappa shape index (κ3) is 4.94. The number of ketones is 1. The summed E-state index contributed by atoms with van der Waals surface area (Å²) in [4.78, 5) is 37.0. The van der Waals surface area contributed by atoms with Gasteiger partial charge in [0.05, 0.1) is 12.7 Å². The molecule has 0 aliphatic heterocycles.